The Balaban J connectivity index is 2.48. The molecule has 18 heavy (non-hydrogen) atoms. The number of hydrogen-bond donors (Lipinski definition) is 2. The first-order valence-electron chi connectivity index (χ1n) is 6.51. The second-order valence-electron chi connectivity index (χ2n) is 6.51. The topological polar surface area (TPSA) is 45.1 Å². The van der Waals surface area contributed by atoms with Crippen molar-refractivity contribution < 1.29 is 5.11 Å². The molecule has 4 heteroatoms. The second-order valence-corrected chi connectivity index (χ2v) is 7.37. The molecule has 0 aliphatic rings. The van der Waals surface area contributed by atoms with Gasteiger partial charge in [-0.25, -0.2) is 4.98 Å². The largest absolute Gasteiger partial charge is 0.389 e. The number of rotatable bonds is 5. The smallest absolute Gasteiger partial charge is 0.0982 e. The molecule has 0 saturated heterocycles. The highest BCUT2D eigenvalue weighted by molar-refractivity contribution is 7.09. The summed E-state index contributed by atoms with van der Waals surface area (Å²) in [6.45, 7) is 13.8. The quantitative estimate of drug-likeness (QED) is 0.864. The predicted octanol–water partition coefficient (Wildman–Crippen LogP) is 2.94. The summed E-state index contributed by atoms with van der Waals surface area (Å²) in [4.78, 5) is 4.62. The van der Waals surface area contributed by atoms with Crippen LogP contribution in [0.3, 0.4) is 0 Å². The maximum atomic E-state index is 10.1. The van der Waals surface area contributed by atoms with Gasteiger partial charge in [0.05, 0.1) is 16.3 Å². The van der Waals surface area contributed by atoms with Gasteiger partial charge in [-0.05, 0) is 12.8 Å². The molecule has 104 valence electrons. The van der Waals surface area contributed by atoms with Gasteiger partial charge in [-0.2, -0.15) is 0 Å². The fraction of sp³-hybridized carbons (Fsp3) is 0.786. The van der Waals surface area contributed by atoms with Crippen molar-refractivity contribution in [3.05, 3.63) is 16.1 Å². The third-order valence-electron chi connectivity index (χ3n) is 3.23. The molecular weight excluding hydrogens is 244 g/mol. The average molecular weight is 270 g/mol. The summed E-state index contributed by atoms with van der Waals surface area (Å²) in [5, 5.41) is 16.7. The molecule has 0 bridgehead atoms. The van der Waals surface area contributed by atoms with Crippen LogP contribution in [-0.2, 0) is 12.0 Å². The van der Waals surface area contributed by atoms with Crippen molar-refractivity contribution in [3.8, 4) is 0 Å². The summed E-state index contributed by atoms with van der Waals surface area (Å²) in [6.07, 6.45) is 0. The minimum Gasteiger partial charge on any atom is -0.389 e. The van der Waals surface area contributed by atoms with Gasteiger partial charge in [0.2, 0.25) is 0 Å². The zero-order chi connectivity index (χ0) is 14.0. The first kappa shape index (κ1) is 15.6. The van der Waals surface area contributed by atoms with E-state index in [1.54, 1.807) is 11.3 Å². The highest BCUT2D eigenvalue weighted by Crippen LogP contribution is 2.25. The number of nitrogens with zero attached hydrogens (tertiary/aromatic N) is 1. The third-order valence-corrected chi connectivity index (χ3v) is 4.54. The lowest BCUT2D eigenvalue weighted by Crippen LogP contribution is -2.42. The predicted molar refractivity (Wildman–Crippen MR) is 78.0 cm³/mol. The zero-order valence-corrected chi connectivity index (χ0v) is 13.2. The molecule has 0 amide bonds. The van der Waals surface area contributed by atoms with Gasteiger partial charge in [0.1, 0.15) is 0 Å². The normalized spacial score (nSPS) is 16.0. The minimum atomic E-state index is -0.664. The van der Waals surface area contributed by atoms with Gasteiger partial charge in [0, 0.05) is 23.9 Å². The second kappa shape index (κ2) is 5.68. The van der Waals surface area contributed by atoms with E-state index in [4.69, 9.17) is 0 Å². The lowest BCUT2D eigenvalue weighted by atomic mass is 9.92. The molecule has 1 aromatic rings. The molecule has 0 spiro atoms. The van der Waals surface area contributed by atoms with Crippen molar-refractivity contribution >= 4 is 11.3 Å². The van der Waals surface area contributed by atoms with Gasteiger partial charge in [0.25, 0.3) is 0 Å². The lowest BCUT2D eigenvalue weighted by Gasteiger charge is -2.27. The van der Waals surface area contributed by atoms with Gasteiger partial charge in [0.15, 0.2) is 0 Å². The Bertz CT molecular complexity index is 377. The zero-order valence-electron chi connectivity index (χ0n) is 12.4. The molecule has 1 unspecified atom stereocenters. The van der Waals surface area contributed by atoms with Crippen molar-refractivity contribution in [1.29, 1.82) is 0 Å². The standard InChI is InChI=1S/C14H26N2OS/c1-10(2)14(6,17)9-15-7-11-8-18-12(16-11)13(3,4)5/h8,10,15,17H,7,9H2,1-6H3. The van der Waals surface area contributed by atoms with E-state index in [0.29, 0.717) is 6.54 Å². The van der Waals surface area contributed by atoms with Crippen LogP contribution in [0.1, 0.15) is 52.2 Å². The summed E-state index contributed by atoms with van der Waals surface area (Å²) in [5.74, 6) is 0.241. The molecule has 1 heterocycles. The molecule has 1 atom stereocenters. The van der Waals surface area contributed by atoms with E-state index in [1.165, 1.54) is 0 Å². The van der Waals surface area contributed by atoms with Gasteiger partial charge < -0.3 is 10.4 Å². The monoisotopic (exact) mass is 270 g/mol. The van der Waals surface area contributed by atoms with Crippen LogP contribution in [0, 0.1) is 5.92 Å². The van der Waals surface area contributed by atoms with Crippen LogP contribution in [0.25, 0.3) is 0 Å². The van der Waals surface area contributed by atoms with Crippen molar-refractivity contribution in [1.82, 2.24) is 10.3 Å². The lowest BCUT2D eigenvalue weighted by molar-refractivity contribution is 0.0139. The molecule has 0 saturated carbocycles. The third kappa shape index (κ3) is 4.34. The first-order valence-corrected chi connectivity index (χ1v) is 7.39. The molecular formula is C14H26N2OS. The molecule has 0 fully saturated rings. The molecule has 0 radical (unpaired) electrons. The Hall–Kier alpha value is -0.450. The molecule has 2 N–H and O–H groups in total. The SMILES string of the molecule is CC(C)C(C)(O)CNCc1csc(C(C)(C)C)n1. The van der Waals surface area contributed by atoms with Crippen molar-refractivity contribution in [2.45, 2.75) is 59.1 Å². The van der Waals surface area contributed by atoms with Crippen LogP contribution in [-0.4, -0.2) is 22.2 Å². The van der Waals surface area contributed by atoms with Crippen LogP contribution in [0.15, 0.2) is 5.38 Å². The maximum Gasteiger partial charge on any atom is 0.0982 e. The number of aliphatic hydroxyl groups is 1. The highest BCUT2D eigenvalue weighted by atomic mass is 32.1. The fourth-order valence-electron chi connectivity index (χ4n) is 1.38. The Kier molecular flexibility index (Phi) is 4.92. The number of aromatic nitrogens is 1. The number of thiazole rings is 1. The molecule has 1 rings (SSSR count). The van der Waals surface area contributed by atoms with Gasteiger partial charge in [-0.3, -0.25) is 0 Å². The average Bonchev–Trinajstić information content (AvgIpc) is 2.65. The van der Waals surface area contributed by atoms with Crippen molar-refractivity contribution in [2.75, 3.05) is 6.54 Å². The van der Waals surface area contributed by atoms with Crippen LogP contribution >= 0.6 is 11.3 Å². The van der Waals surface area contributed by atoms with Gasteiger partial charge in [-0.1, -0.05) is 34.6 Å². The minimum absolute atomic E-state index is 0.117. The van der Waals surface area contributed by atoms with E-state index in [2.05, 4.69) is 36.5 Å². The van der Waals surface area contributed by atoms with Crippen molar-refractivity contribution in [2.24, 2.45) is 5.92 Å². The molecule has 1 aromatic heterocycles. The van der Waals surface area contributed by atoms with Crippen LogP contribution in [0.2, 0.25) is 0 Å². The molecule has 3 nitrogen and oxygen atoms in total. The van der Waals surface area contributed by atoms with Gasteiger partial charge >= 0.3 is 0 Å². The molecule has 0 aliphatic heterocycles. The van der Waals surface area contributed by atoms with Crippen LogP contribution in [0.4, 0.5) is 0 Å². The van der Waals surface area contributed by atoms with Crippen LogP contribution in [0.5, 0.6) is 0 Å². The fourth-order valence-corrected chi connectivity index (χ4v) is 2.29. The van der Waals surface area contributed by atoms with E-state index in [1.807, 2.05) is 20.8 Å². The summed E-state index contributed by atoms with van der Waals surface area (Å²) >= 11 is 1.71. The first-order chi connectivity index (χ1) is 8.13. The Morgan fingerprint density at radius 1 is 1.33 bits per heavy atom. The van der Waals surface area contributed by atoms with E-state index in [0.717, 1.165) is 17.2 Å². The van der Waals surface area contributed by atoms with Gasteiger partial charge in [-0.15, -0.1) is 11.3 Å². The van der Waals surface area contributed by atoms with E-state index >= 15 is 0 Å². The Labute approximate surface area is 115 Å². The Morgan fingerprint density at radius 2 is 1.94 bits per heavy atom. The number of hydrogen-bond acceptors (Lipinski definition) is 4. The molecule has 0 aromatic carbocycles. The summed E-state index contributed by atoms with van der Waals surface area (Å²) in [5.41, 5.74) is 0.513. The molecule has 0 aliphatic carbocycles. The summed E-state index contributed by atoms with van der Waals surface area (Å²) in [7, 11) is 0. The van der Waals surface area contributed by atoms with E-state index < -0.39 is 5.60 Å². The van der Waals surface area contributed by atoms with E-state index in [-0.39, 0.29) is 11.3 Å². The summed E-state index contributed by atoms with van der Waals surface area (Å²) in [6, 6.07) is 0. The Morgan fingerprint density at radius 3 is 2.39 bits per heavy atom. The maximum absolute atomic E-state index is 10.1. The highest BCUT2D eigenvalue weighted by Gasteiger charge is 2.24. The number of nitrogens with one attached hydrogen (secondary N) is 1. The van der Waals surface area contributed by atoms with Crippen molar-refractivity contribution in [3.63, 3.8) is 0 Å². The summed E-state index contributed by atoms with van der Waals surface area (Å²) < 4.78 is 0. The van der Waals surface area contributed by atoms with Crippen LogP contribution < -0.4 is 5.32 Å². The van der Waals surface area contributed by atoms with E-state index in [9.17, 15) is 5.11 Å².